The topological polar surface area (TPSA) is 92.5 Å². The van der Waals surface area contributed by atoms with Crippen molar-refractivity contribution in [2.24, 2.45) is 0 Å². The predicted molar refractivity (Wildman–Crippen MR) is 78.8 cm³/mol. The summed E-state index contributed by atoms with van der Waals surface area (Å²) in [5, 5.41) is 22.9. The lowest BCUT2D eigenvalue weighted by atomic mass is 10.1. The van der Waals surface area contributed by atoms with Crippen LogP contribution in [-0.2, 0) is 6.54 Å². The summed E-state index contributed by atoms with van der Waals surface area (Å²) in [6, 6.07) is 10.6. The molecule has 108 valence electrons. The van der Waals surface area contributed by atoms with Crippen LogP contribution in [0.15, 0.2) is 42.5 Å². The Morgan fingerprint density at radius 1 is 1.29 bits per heavy atom. The minimum absolute atomic E-state index is 0.0883. The Bertz CT molecular complexity index is 703. The third-order valence-electron chi connectivity index (χ3n) is 2.87. The largest absolute Gasteiger partial charge is 0.478 e. The average Bonchev–Trinajstić information content (AvgIpc) is 2.46. The third-order valence-corrected chi connectivity index (χ3v) is 3.23. The van der Waals surface area contributed by atoms with E-state index in [0.717, 1.165) is 0 Å². The van der Waals surface area contributed by atoms with Gasteiger partial charge in [0.1, 0.15) is 0 Å². The molecule has 0 aliphatic carbocycles. The van der Waals surface area contributed by atoms with Crippen molar-refractivity contribution >= 4 is 28.9 Å². The zero-order chi connectivity index (χ0) is 15.4. The quantitative estimate of drug-likeness (QED) is 0.651. The molecule has 0 aromatic heterocycles. The second-order valence-corrected chi connectivity index (χ2v) is 4.64. The average molecular weight is 307 g/mol. The Morgan fingerprint density at radius 3 is 2.62 bits per heavy atom. The molecule has 0 amide bonds. The van der Waals surface area contributed by atoms with Gasteiger partial charge in [0.2, 0.25) is 0 Å². The molecular weight excluding hydrogens is 296 g/mol. The van der Waals surface area contributed by atoms with E-state index in [1.165, 1.54) is 24.3 Å². The molecule has 0 heterocycles. The lowest BCUT2D eigenvalue weighted by Crippen LogP contribution is -2.06. The number of nitro groups is 1. The summed E-state index contributed by atoms with van der Waals surface area (Å²) in [5.41, 5.74) is 1.16. The van der Waals surface area contributed by atoms with Crippen LogP contribution in [0.3, 0.4) is 0 Å². The van der Waals surface area contributed by atoms with Crippen LogP contribution in [0.25, 0.3) is 0 Å². The van der Waals surface area contributed by atoms with Crippen molar-refractivity contribution in [1.29, 1.82) is 0 Å². The summed E-state index contributed by atoms with van der Waals surface area (Å²) in [6.45, 7) is 0.265. The van der Waals surface area contributed by atoms with E-state index in [2.05, 4.69) is 5.32 Å². The Balaban J connectivity index is 2.17. The van der Waals surface area contributed by atoms with Crippen LogP contribution in [0.1, 0.15) is 15.9 Å². The third kappa shape index (κ3) is 3.49. The van der Waals surface area contributed by atoms with Crippen LogP contribution in [0.2, 0.25) is 5.02 Å². The van der Waals surface area contributed by atoms with Crippen LogP contribution in [0.5, 0.6) is 0 Å². The van der Waals surface area contributed by atoms with E-state index in [1.54, 1.807) is 18.2 Å². The van der Waals surface area contributed by atoms with Gasteiger partial charge in [0.05, 0.1) is 15.5 Å². The Hall–Kier alpha value is -2.60. The summed E-state index contributed by atoms with van der Waals surface area (Å²) < 4.78 is 0. The predicted octanol–water partition coefficient (Wildman–Crippen LogP) is 3.56. The molecule has 6 nitrogen and oxygen atoms in total. The normalized spacial score (nSPS) is 10.1. The van der Waals surface area contributed by atoms with Crippen LogP contribution in [0.4, 0.5) is 11.4 Å². The molecule has 0 saturated carbocycles. The first-order valence-electron chi connectivity index (χ1n) is 5.98. The molecule has 7 heteroatoms. The minimum Gasteiger partial charge on any atom is -0.478 e. The first kappa shape index (κ1) is 14.8. The highest BCUT2D eigenvalue weighted by Crippen LogP contribution is 2.24. The zero-order valence-electron chi connectivity index (χ0n) is 10.7. The second-order valence-electron chi connectivity index (χ2n) is 4.24. The maximum absolute atomic E-state index is 11.1. The van der Waals surface area contributed by atoms with Gasteiger partial charge in [-0.3, -0.25) is 10.1 Å². The van der Waals surface area contributed by atoms with E-state index in [4.69, 9.17) is 16.7 Å². The number of rotatable bonds is 5. The van der Waals surface area contributed by atoms with Crippen molar-refractivity contribution in [1.82, 2.24) is 0 Å². The van der Waals surface area contributed by atoms with Gasteiger partial charge >= 0.3 is 5.97 Å². The number of carboxylic acids is 1. The Morgan fingerprint density at radius 2 is 2.00 bits per heavy atom. The SMILES string of the molecule is O=C(O)c1ccccc1NCc1ccc([N+](=O)[O-])cc1Cl. The fraction of sp³-hybridized carbons (Fsp3) is 0.0714. The number of nitro benzene ring substituents is 1. The molecule has 2 rings (SSSR count). The second kappa shape index (κ2) is 6.23. The number of hydrogen-bond donors (Lipinski definition) is 2. The lowest BCUT2D eigenvalue weighted by Gasteiger charge is -2.10. The highest BCUT2D eigenvalue weighted by Gasteiger charge is 2.11. The summed E-state index contributed by atoms with van der Waals surface area (Å²) in [6.07, 6.45) is 0. The zero-order valence-corrected chi connectivity index (χ0v) is 11.5. The standard InChI is InChI=1S/C14H11ClN2O4/c15-12-7-10(17(20)21)6-5-9(12)8-16-13-4-2-1-3-11(13)14(18)19/h1-7,16H,8H2,(H,18,19). The number of carboxylic acid groups (broad SMARTS) is 1. The van der Waals surface area contributed by atoms with Gasteiger partial charge in [-0.05, 0) is 23.8 Å². The molecule has 0 aliphatic rings. The maximum atomic E-state index is 11.1. The van der Waals surface area contributed by atoms with Crippen molar-refractivity contribution in [2.45, 2.75) is 6.54 Å². The monoisotopic (exact) mass is 306 g/mol. The van der Waals surface area contributed by atoms with Gasteiger partial charge in [-0.25, -0.2) is 4.79 Å². The molecule has 0 bridgehead atoms. The van der Waals surface area contributed by atoms with Gasteiger partial charge in [-0.15, -0.1) is 0 Å². The van der Waals surface area contributed by atoms with E-state index < -0.39 is 10.9 Å². The number of hydrogen-bond acceptors (Lipinski definition) is 4. The van der Waals surface area contributed by atoms with Gasteiger partial charge in [-0.1, -0.05) is 23.7 Å². The number of carbonyl (C=O) groups is 1. The molecule has 2 aromatic rings. The van der Waals surface area contributed by atoms with E-state index in [1.807, 2.05) is 0 Å². The first-order chi connectivity index (χ1) is 9.99. The maximum Gasteiger partial charge on any atom is 0.337 e. The van der Waals surface area contributed by atoms with E-state index in [-0.39, 0.29) is 22.8 Å². The number of nitrogens with zero attached hydrogens (tertiary/aromatic N) is 1. The number of aromatic carboxylic acids is 1. The van der Waals surface area contributed by atoms with Crippen molar-refractivity contribution in [3.05, 3.63) is 68.7 Å². The molecule has 0 unspecified atom stereocenters. The van der Waals surface area contributed by atoms with Gasteiger partial charge in [0.25, 0.3) is 5.69 Å². The summed E-state index contributed by atoms with van der Waals surface area (Å²) in [5.74, 6) is -1.03. The van der Waals surface area contributed by atoms with Gasteiger partial charge in [0, 0.05) is 24.4 Å². The fourth-order valence-electron chi connectivity index (χ4n) is 1.81. The fourth-order valence-corrected chi connectivity index (χ4v) is 2.05. The number of non-ortho nitro benzene ring substituents is 1. The minimum atomic E-state index is -1.03. The number of anilines is 1. The molecule has 0 saturated heterocycles. The van der Waals surface area contributed by atoms with Crippen LogP contribution in [0, 0.1) is 10.1 Å². The molecule has 21 heavy (non-hydrogen) atoms. The van der Waals surface area contributed by atoms with Crippen molar-refractivity contribution < 1.29 is 14.8 Å². The van der Waals surface area contributed by atoms with Crippen molar-refractivity contribution in [3.8, 4) is 0 Å². The highest BCUT2D eigenvalue weighted by molar-refractivity contribution is 6.31. The van der Waals surface area contributed by atoms with E-state index >= 15 is 0 Å². The molecule has 0 radical (unpaired) electrons. The van der Waals surface area contributed by atoms with Crippen LogP contribution in [-0.4, -0.2) is 16.0 Å². The molecule has 0 spiro atoms. The van der Waals surface area contributed by atoms with E-state index in [9.17, 15) is 14.9 Å². The van der Waals surface area contributed by atoms with Crippen molar-refractivity contribution in [2.75, 3.05) is 5.32 Å². The van der Waals surface area contributed by atoms with Gasteiger partial charge < -0.3 is 10.4 Å². The molecule has 0 fully saturated rings. The Kier molecular flexibility index (Phi) is 4.39. The van der Waals surface area contributed by atoms with E-state index in [0.29, 0.717) is 11.3 Å². The summed E-state index contributed by atoms with van der Waals surface area (Å²) >= 11 is 5.98. The molecule has 2 aromatic carbocycles. The number of halogens is 1. The van der Waals surface area contributed by atoms with Gasteiger partial charge in [0.15, 0.2) is 0 Å². The van der Waals surface area contributed by atoms with Crippen LogP contribution >= 0.6 is 11.6 Å². The summed E-state index contributed by atoms with van der Waals surface area (Å²) in [4.78, 5) is 21.2. The Labute approximate surface area is 125 Å². The first-order valence-corrected chi connectivity index (χ1v) is 6.36. The molecule has 2 N–H and O–H groups in total. The number of para-hydroxylation sites is 1. The number of benzene rings is 2. The summed E-state index contributed by atoms with van der Waals surface area (Å²) in [7, 11) is 0. The van der Waals surface area contributed by atoms with Gasteiger partial charge in [-0.2, -0.15) is 0 Å². The van der Waals surface area contributed by atoms with Crippen LogP contribution < -0.4 is 5.32 Å². The van der Waals surface area contributed by atoms with Crippen molar-refractivity contribution in [3.63, 3.8) is 0 Å². The lowest BCUT2D eigenvalue weighted by molar-refractivity contribution is -0.384. The molecular formula is C14H11ClN2O4. The molecule has 0 aliphatic heterocycles. The smallest absolute Gasteiger partial charge is 0.337 e. The number of nitrogens with one attached hydrogen (secondary N) is 1. The molecule has 0 atom stereocenters. The highest BCUT2D eigenvalue weighted by atomic mass is 35.5.